The summed E-state index contributed by atoms with van der Waals surface area (Å²) < 4.78 is 4.85. The summed E-state index contributed by atoms with van der Waals surface area (Å²) in [6.45, 7) is 1.98. The second-order valence-electron chi connectivity index (χ2n) is 3.05. The number of nitrogens with one attached hydrogen (secondary N) is 1. The molecule has 1 atom stereocenters. The predicted octanol–water partition coefficient (Wildman–Crippen LogP) is 0.189. The van der Waals surface area contributed by atoms with Crippen molar-refractivity contribution in [2.24, 2.45) is 0 Å². The zero-order chi connectivity index (χ0) is 11.3. The lowest BCUT2D eigenvalue weighted by atomic mass is 10.3. The summed E-state index contributed by atoms with van der Waals surface area (Å²) in [7, 11) is 1.52. The van der Waals surface area contributed by atoms with Gasteiger partial charge in [-0.25, -0.2) is 4.98 Å². The van der Waals surface area contributed by atoms with Crippen molar-refractivity contribution in [2.45, 2.75) is 13.0 Å². The third-order valence-electron chi connectivity index (χ3n) is 1.77. The van der Waals surface area contributed by atoms with Crippen molar-refractivity contribution in [3.63, 3.8) is 0 Å². The van der Waals surface area contributed by atoms with E-state index in [1.54, 1.807) is 0 Å². The van der Waals surface area contributed by atoms with Gasteiger partial charge in [-0.05, 0) is 6.92 Å². The fourth-order valence-corrected chi connectivity index (χ4v) is 1.74. The summed E-state index contributed by atoms with van der Waals surface area (Å²) in [5.74, 6) is -0.225. The summed E-state index contributed by atoms with van der Waals surface area (Å²) in [6.07, 6.45) is 1.52. The predicted molar refractivity (Wildman–Crippen MR) is 57.1 cm³/mol. The van der Waals surface area contributed by atoms with E-state index in [1.807, 2.05) is 6.92 Å². The lowest BCUT2D eigenvalue weighted by Gasteiger charge is -2.13. The molecule has 0 spiro atoms. The minimum Gasteiger partial charge on any atom is -0.394 e. The molecule has 5 nitrogen and oxygen atoms in total. The highest BCUT2D eigenvalue weighted by Gasteiger charge is 2.14. The summed E-state index contributed by atoms with van der Waals surface area (Å²) in [5, 5.41) is 12.4. The van der Waals surface area contributed by atoms with Crippen LogP contribution in [0, 0.1) is 6.92 Å². The maximum Gasteiger partial charge on any atom is 0.263 e. The molecule has 6 heteroatoms. The highest BCUT2D eigenvalue weighted by molar-refractivity contribution is 7.13. The number of carbonyl (C=O) groups excluding carboxylic acids is 1. The Labute approximate surface area is 92.1 Å². The van der Waals surface area contributed by atoms with Crippen molar-refractivity contribution in [3.8, 4) is 0 Å². The number of aliphatic hydroxyl groups excluding tert-OH is 1. The number of rotatable bonds is 5. The van der Waals surface area contributed by atoms with E-state index in [4.69, 9.17) is 9.84 Å². The molecule has 0 radical (unpaired) electrons. The molecule has 1 aromatic heterocycles. The van der Waals surface area contributed by atoms with Gasteiger partial charge in [-0.2, -0.15) is 0 Å². The SMILES string of the molecule is COCC(CO)NC(=O)c1cnc(C)s1. The van der Waals surface area contributed by atoms with E-state index in [0.717, 1.165) is 5.01 Å². The Morgan fingerprint density at radius 2 is 2.53 bits per heavy atom. The number of amides is 1. The van der Waals surface area contributed by atoms with Crippen molar-refractivity contribution in [1.82, 2.24) is 10.3 Å². The maximum absolute atomic E-state index is 11.6. The van der Waals surface area contributed by atoms with Crippen LogP contribution in [0.1, 0.15) is 14.7 Å². The van der Waals surface area contributed by atoms with Gasteiger partial charge in [0.05, 0.1) is 30.5 Å². The van der Waals surface area contributed by atoms with Gasteiger partial charge in [0.2, 0.25) is 0 Å². The minimum atomic E-state index is -0.370. The maximum atomic E-state index is 11.6. The van der Waals surface area contributed by atoms with E-state index in [1.165, 1.54) is 24.6 Å². The van der Waals surface area contributed by atoms with Gasteiger partial charge in [-0.15, -0.1) is 11.3 Å². The lowest BCUT2D eigenvalue weighted by molar-refractivity contribution is 0.0843. The number of methoxy groups -OCH3 is 1. The smallest absolute Gasteiger partial charge is 0.263 e. The Hall–Kier alpha value is -0.980. The molecule has 0 aromatic carbocycles. The molecule has 2 N–H and O–H groups in total. The Bertz CT molecular complexity index is 327. The van der Waals surface area contributed by atoms with E-state index >= 15 is 0 Å². The van der Waals surface area contributed by atoms with E-state index in [2.05, 4.69) is 10.3 Å². The first-order valence-electron chi connectivity index (χ1n) is 4.50. The van der Waals surface area contributed by atoms with E-state index < -0.39 is 0 Å². The Balaban J connectivity index is 2.54. The normalized spacial score (nSPS) is 12.5. The standard InChI is InChI=1S/C9H14N2O3S/c1-6-10-3-8(15-6)9(13)11-7(4-12)5-14-2/h3,7,12H,4-5H2,1-2H3,(H,11,13). The van der Waals surface area contributed by atoms with Gasteiger partial charge in [0.15, 0.2) is 0 Å². The van der Waals surface area contributed by atoms with Crippen molar-refractivity contribution in [1.29, 1.82) is 0 Å². The van der Waals surface area contributed by atoms with Gasteiger partial charge >= 0.3 is 0 Å². The van der Waals surface area contributed by atoms with Gasteiger partial charge in [-0.1, -0.05) is 0 Å². The number of aryl methyl sites for hydroxylation is 1. The van der Waals surface area contributed by atoms with E-state index in [9.17, 15) is 4.79 Å². The first kappa shape index (κ1) is 12.1. The van der Waals surface area contributed by atoms with Crippen molar-refractivity contribution in [2.75, 3.05) is 20.3 Å². The highest BCUT2D eigenvalue weighted by atomic mass is 32.1. The Morgan fingerprint density at radius 1 is 1.80 bits per heavy atom. The zero-order valence-corrected chi connectivity index (χ0v) is 9.50. The van der Waals surface area contributed by atoms with Crippen LogP contribution in [-0.2, 0) is 4.74 Å². The highest BCUT2D eigenvalue weighted by Crippen LogP contribution is 2.11. The lowest BCUT2D eigenvalue weighted by Crippen LogP contribution is -2.40. The second kappa shape index (κ2) is 5.79. The summed E-state index contributed by atoms with van der Waals surface area (Å²) in [4.78, 5) is 16.1. The number of hydrogen-bond acceptors (Lipinski definition) is 5. The number of carbonyl (C=O) groups is 1. The first-order valence-corrected chi connectivity index (χ1v) is 5.32. The average molecular weight is 230 g/mol. The summed E-state index contributed by atoms with van der Waals surface area (Å²) >= 11 is 1.32. The molecule has 0 saturated heterocycles. The Kier molecular flexibility index (Phi) is 4.67. The fraction of sp³-hybridized carbons (Fsp3) is 0.556. The molecule has 0 aliphatic rings. The largest absolute Gasteiger partial charge is 0.394 e. The zero-order valence-electron chi connectivity index (χ0n) is 8.69. The molecular weight excluding hydrogens is 216 g/mol. The minimum absolute atomic E-state index is 0.142. The number of aromatic nitrogens is 1. The Morgan fingerprint density at radius 3 is 3.00 bits per heavy atom. The fourth-order valence-electron chi connectivity index (χ4n) is 1.06. The van der Waals surface area contributed by atoms with Gasteiger partial charge in [0.1, 0.15) is 4.88 Å². The molecule has 1 unspecified atom stereocenters. The molecule has 1 amide bonds. The molecule has 0 aliphatic heterocycles. The third-order valence-corrected chi connectivity index (χ3v) is 2.68. The molecule has 0 aliphatic carbocycles. The topological polar surface area (TPSA) is 71.5 Å². The molecule has 15 heavy (non-hydrogen) atoms. The van der Waals surface area contributed by atoms with Crippen molar-refractivity contribution >= 4 is 17.2 Å². The molecule has 0 saturated carbocycles. The van der Waals surface area contributed by atoms with Crippen LogP contribution in [-0.4, -0.2) is 42.4 Å². The van der Waals surface area contributed by atoms with Crippen LogP contribution < -0.4 is 5.32 Å². The quantitative estimate of drug-likeness (QED) is 0.757. The van der Waals surface area contributed by atoms with Crippen LogP contribution in [0.3, 0.4) is 0 Å². The van der Waals surface area contributed by atoms with Crippen LogP contribution >= 0.6 is 11.3 Å². The number of thiazole rings is 1. The summed E-state index contributed by atoms with van der Waals surface area (Å²) in [5.41, 5.74) is 0. The van der Waals surface area contributed by atoms with Gasteiger partial charge < -0.3 is 15.2 Å². The van der Waals surface area contributed by atoms with E-state index in [-0.39, 0.29) is 18.6 Å². The number of aliphatic hydroxyl groups is 1. The third kappa shape index (κ3) is 3.58. The van der Waals surface area contributed by atoms with Crippen LogP contribution in [0.2, 0.25) is 0 Å². The molecular formula is C9H14N2O3S. The van der Waals surface area contributed by atoms with Crippen LogP contribution in [0.15, 0.2) is 6.20 Å². The second-order valence-corrected chi connectivity index (χ2v) is 4.29. The molecule has 84 valence electrons. The molecule has 0 bridgehead atoms. The van der Waals surface area contributed by atoms with Gasteiger partial charge in [0.25, 0.3) is 5.91 Å². The van der Waals surface area contributed by atoms with Crippen LogP contribution in [0.4, 0.5) is 0 Å². The molecule has 0 fully saturated rings. The monoisotopic (exact) mass is 230 g/mol. The number of hydrogen-bond donors (Lipinski definition) is 2. The van der Waals surface area contributed by atoms with Crippen molar-refractivity contribution < 1.29 is 14.6 Å². The number of ether oxygens (including phenoxy) is 1. The van der Waals surface area contributed by atoms with Crippen LogP contribution in [0.25, 0.3) is 0 Å². The number of nitrogens with zero attached hydrogens (tertiary/aromatic N) is 1. The molecule has 1 aromatic rings. The van der Waals surface area contributed by atoms with Gasteiger partial charge in [0, 0.05) is 7.11 Å². The average Bonchev–Trinajstić information content (AvgIpc) is 2.64. The van der Waals surface area contributed by atoms with Crippen LogP contribution in [0.5, 0.6) is 0 Å². The van der Waals surface area contributed by atoms with Gasteiger partial charge in [-0.3, -0.25) is 4.79 Å². The molecule has 1 rings (SSSR count). The first-order chi connectivity index (χ1) is 7.17. The molecule has 1 heterocycles. The van der Waals surface area contributed by atoms with Crippen molar-refractivity contribution in [3.05, 3.63) is 16.1 Å². The van der Waals surface area contributed by atoms with E-state index in [0.29, 0.717) is 11.5 Å². The summed E-state index contributed by atoms with van der Waals surface area (Å²) in [6, 6.07) is -0.370.